The summed E-state index contributed by atoms with van der Waals surface area (Å²) in [5.74, 6) is 0.224. The number of amides is 1. The van der Waals surface area contributed by atoms with Crippen molar-refractivity contribution in [2.75, 3.05) is 23.7 Å². The normalized spacial score (nSPS) is 9.59. The Labute approximate surface area is 172 Å². The lowest BCUT2D eigenvalue weighted by molar-refractivity contribution is -0.116. The molecule has 0 fully saturated rings. The molecule has 29 heavy (non-hydrogen) atoms. The third kappa shape index (κ3) is 5.71. The summed E-state index contributed by atoms with van der Waals surface area (Å²) in [5, 5.41) is 17.9. The van der Waals surface area contributed by atoms with Crippen molar-refractivity contribution < 1.29 is 4.79 Å². The van der Waals surface area contributed by atoms with E-state index in [-0.39, 0.29) is 11.1 Å². The number of thiazole rings is 1. The van der Waals surface area contributed by atoms with E-state index in [0.29, 0.717) is 22.3 Å². The molecule has 3 N–H and O–H groups in total. The minimum Gasteiger partial charge on any atom is -0.370 e. The van der Waals surface area contributed by atoms with Crippen LogP contribution in [0, 0.1) is 11.3 Å². The number of aromatic nitrogens is 2. The molecule has 2 aromatic heterocycles. The highest BCUT2D eigenvalue weighted by molar-refractivity contribution is 7.07. The predicted molar refractivity (Wildman–Crippen MR) is 115 cm³/mol. The van der Waals surface area contributed by atoms with E-state index in [4.69, 9.17) is 0 Å². The average molecular weight is 411 g/mol. The van der Waals surface area contributed by atoms with Crippen LogP contribution in [0.5, 0.6) is 0 Å². The Morgan fingerprint density at radius 1 is 1.34 bits per heavy atom. The Bertz CT molecular complexity index is 1170. The van der Waals surface area contributed by atoms with Crippen LogP contribution in [0.3, 0.4) is 0 Å². The zero-order chi connectivity index (χ0) is 21.2. The van der Waals surface area contributed by atoms with E-state index in [9.17, 15) is 14.9 Å². The van der Waals surface area contributed by atoms with Gasteiger partial charge in [0.05, 0.1) is 0 Å². The molecule has 9 heteroatoms. The van der Waals surface area contributed by atoms with Gasteiger partial charge in [0.15, 0.2) is 5.57 Å². The van der Waals surface area contributed by atoms with Gasteiger partial charge in [0.1, 0.15) is 21.1 Å². The Balaban J connectivity index is 2.50. The maximum absolute atomic E-state index is 12.6. The number of hydrogen-bond donors (Lipinski definition) is 3. The molecule has 0 aliphatic rings. The molecule has 0 saturated heterocycles. The maximum Gasteiger partial charge on any atom is 0.277 e. The van der Waals surface area contributed by atoms with Crippen LogP contribution in [0.15, 0.2) is 34.9 Å². The van der Waals surface area contributed by atoms with Gasteiger partial charge in [-0.15, -0.1) is 0 Å². The molecule has 0 saturated carbocycles. The number of carbonyl (C=O) groups excluding carboxylic acids is 1. The van der Waals surface area contributed by atoms with E-state index in [0.717, 1.165) is 29.4 Å². The number of nitrogens with zero attached hydrogens (tertiary/aromatic N) is 3. The smallest absolute Gasteiger partial charge is 0.277 e. The van der Waals surface area contributed by atoms with Gasteiger partial charge in [0.2, 0.25) is 0 Å². The van der Waals surface area contributed by atoms with Crippen molar-refractivity contribution in [3.8, 4) is 6.07 Å². The lowest BCUT2D eigenvalue weighted by atomic mass is 10.3. The summed E-state index contributed by atoms with van der Waals surface area (Å²) in [7, 11) is 0. The quantitative estimate of drug-likeness (QED) is 0.458. The molecular weight excluding hydrogens is 388 g/mol. The van der Waals surface area contributed by atoms with Crippen molar-refractivity contribution in [2.24, 2.45) is 0 Å². The Morgan fingerprint density at radius 2 is 2.14 bits per heavy atom. The molecule has 0 unspecified atom stereocenters. The Kier molecular flexibility index (Phi) is 8.01. The van der Waals surface area contributed by atoms with Crippen molar-refractivity contribution in [1.29, 1.82) is 5.26 Å². The zero-order valence-corrected chi connectivity index (χ0v) is 17.3. The van der Waals surface area contributed by atoms with Gasteiger partial charge in [-0.25, -0.2) is 4.98 Å². The molecule has 2 aromatic rings. The van der Waals surface area contributed by atoms with Gasteiger partial charge >= 0.3 is 0 Å². The molecule has 0 aliphatic carbocycles. The number of carbonyl (C=O) groups is 1. The van der Waals surface area contributed by atoms with E-state index < -0.39 is 5.91 Å². The molecule has 150 valence electrons. The second kappa shape index (κ2) is 10.7. The van der Waals surface area contributed by atoms with Gasteiger partial charge in [-0.05, 0) is 26.8 Å². The minimum absolute atomic E-state index is 0.170. The summed E-state index contributed by atoms with van der Waals surface area (Å²) < 4.78 is 2.19. The number of nitrogens with one attached hydrogen (secondary N) is 3. The molecule has 0 aliphatic heterocycles. The summed E-state index contributed by atoms with van der Waals surface area (Å²) in [5.41, 5.74) is 6.06. The number of rotatable bonds is 7. The highest BCUT2D eigenvalue weighted by Crippen LogP contribution is 2.11. The van der Waals surface area contributed by atoms with Crippen molar-refractivity contribution >= 4 is 40.2 Å². The summed E-state index contributed by atoms with van der Waals surface area (Å²) in [6.07, 6.45) is 3.22. The number of nitriles is 1. The maximum atomic E-state index is 12.6. The van der Waals surface area contributed by atoms with Crippen LogP contribution >= 0.6 is 11.3 Å². The van der Waals surface area contributed by atoms with Gasteiger partial charge in [-0.2, -0.15) is 5.26 Å². The van der Waals surface area contributed by atoms with Crippen LogP contribution in [-0.2, 0) is 11.3 Å². The molecule has 0 bridgehead atoms. The first-order chi connectivity index (χ1) is 14.0. The predicted octanol–water partition coefficient (Wildman–Crippen LogP) is 0.727. The van der Waals surface area contributed by atoms with Crippen molar-refractivity contribution in [3.63, 3.8) is 0 Å². The lowest BCUT2D eigenvalue weighted by Gasteiger charge is -2.04. The summed E-state index contributed by atoms with van der Waals surface area (Å²) in [4.78, 5) is 28.7. The number of pyridine rings is 1. The largest absolute Gasteiger partial charge is 0.370 e. The summed E-state index contributed by atoms with van der Waals surface area (Å²) in [6, 6.07) is 5.47. The van der Waals surface area contributed by atoms with Crippen LogP contribution in [0.2, 0.25) is 0 Å². The molecule has 1 amide bonds. The van der Waals surface area contributed by atoms with E-state index in [2.05, 4.69) is 32.4 Å². The topological polar surface area (TPSA) is 112 Å². The molecular formula is C20H22N6O2S. The molecule has 0 atom stereocenters. The highest BCUT2D eigenvalue weighted by atomic mass is 32.1. The van der Waals surface area contributed by atoms with Gasteiger partial charge in [-0.3, -0.25) is 14.2 Å². The van der Waals surface area contributed by atoms with Gasteiger partial charge in [-0.1, -0.05) is 22.8 Å². The van der Waals surface area contributed by atoms with Crippen molar-refractivity contribution in [3.05, 3.63) is 49.7 Å². The van der Waals surface area contributed by atoms with Crippen LogP contribution < -0.4 is 30.7 Å². The summed E-state index contributed by atoms with van der Waals surface area (Å²) >= 11 is 1.12. The van der Waals surface area contributed by atoms with E-state index in [1.165, 1.54) is 4.57 Å². The lowest BCUT2D eigenvalue weighted by Crippen LogP contribution is -2.30. The minimum atomic E-state index is -0.518. The van der Waals surface area contributed by atoms with Gasteiger partial charge in [0, 0.05) is 43.8 Å². The Hall–Kier alpha value is -3.56. The highest BCUT2D eigenvalue weighted by Gasteiger charge is 2.08. The van der Waals surface area contributed by atoms with Crippen LogP contribution in [0.25, 0.3) is 11.5 Å². The van der Waals surface area contributed by atoms with Gasteiger partial charge < -0.3 is 16.0 Å². The first-order valence-corrected chi connectivity index (χ1v) is 9.96. The zero-order valence-electron chi connectivity index (χ0n) is 16.5. The second-order valence-corrected chi connectivity index (χ2v) is 6.65. The fourth-order valence-electron chi connectivity index (χ4n) is 2.36. The average Bonchev–Trinajstić information content (AvgIpc) is 3.01. The third-order valence-electron chi connectivity index (χ3n) is 3.67. The van der Waals surface area contributed by atoms with Crippen LogP contribution in [-0.4, -0.2) is 28.5 Å². The van der Waals surface area contributed by atoms with Gasteiger partial charge in [0.25, 0.3) is 11.5 Å². The molecule has 2 heterocycles. The first-order valence-electron chi connectivity index (χ1n) is 9.14. The fraction of sp³-hybridized carbons (Fsp3) is 0.300. The van der Waals surface area contributed by atoms with Crippen LogP contribution in [0.4, 0.5) is 11.5 Å². The molecule has 0 radical (unpaired) electrons. The third-order valence-corrected chi connectivity index (χ3v) is 4.68. The number of hydrogen-bond acceptors (Lipinski definition) is 7. The molecule has 0 spiro atoms. The number of anilines is 2. The standard InChI is InChI=1S/C20H22N6O2S/c1-4-22-17-12-15(7-9-25-17)24-10-8-16-20(28)26(6-3)18(29-16)11-14(13-21)19(27)23-5-2/h7,9-10,12H,4-6H2,1-3H3,(H,23,27)(H2,22,24,25). The monoisotopic (exact) mass is 410 g/mol. The Morgan fingerprint density at radius 3 is 2.79 bits per heavy atom. The van der Waals surface area contributed by atoms with Crippen molar-refractivity contribution in [1.82, 2.24) is 14.9 Å². The molecule has 2 rings (SSSR count). The second-order valence-electron chi connectivity index (χ2n) is 5.65. The molecule has 0 aromatic carbocycles. The van der Waals surface area contributed by atoms with Crippen molar-refractivity contribution in [2.45, 2.75) is 27.3 Å². The first kappa shape index (κ1) is 21.7. The fourth-order valence-corrected chi connectivity index (χ4v) is 3.34. The molecule has 8 nitrogen and oxygen atoms in total. The van der Waals surface area contributed by atoms with E-state index in [1.807, 2.05) is 26.0 Å². The van der Waals surface area contributed by atoms with E-state index >= 15 is 0 Å². The number of likely N-dealkylation sites (N-methyl/N-ethyl adjacent to an activating group) is 1. The van der Waals surface area contributed by atoms with Crippen LogP contribution in [0.1, 0.15) is 20.8 Å². The SMILES string of the molecule is CCNC(=O)C(=C=c1sc(=C=CNc2ccnc(NCC)c2)c(=O)n1CC)C#N. The summed E-state index contributed by atoms with van der Waals surface area (Å²) in [6.45, 7) is 7.10. The van der Waals surface area contributed by atoms with E-state index in [1.54, 1.807) is 25.4 Å².